The van der Waals surface area contributed by atoms with Crippen LogP contribution in [0.3, 0.4) is 0 Å². The van der Waals surface area contributed by atoms with Gasteiger partial charge in [-0.05, 0) is 25.1 Å². The number of aryl methyl sites for hydroxylation is 1. The Morgan fingerprint density at radius 3 is 2.81 bits per heavy atom. The Balaban J connectivity index is 1.95. The van der Waals surface area contributed by atoms with Crippen molar-refractivity contribution in [1.82, 2.24) is 24.5 Å². The first-order chi connectivity index (χ1) is 12.8. The van der Waals surface area contributed by atoms with E-state index in [0.29, 0.717) is 30.6 Å². The molecule has 0 spiro atoms. The molecular weight excluding hydrogens is 388 g/mol. The number of hydrogen-bond donors (Lipinski definition) is 2. The van der Waals surface area contributed by atoms with Crippen molar-refractivity contribution in [1.29, 1.82) is 0 Å². The van der Waals surface area contributed by atoms with E-state index in [4.69, 9.17) is 11.6 Å². The molecule has 0 bridgehead atoms. The van der Waals surface area contributed by atoms with Gasteiger partial charge in [0.25, 0.3) is 0 Å². The molecule has 0 aliphatic rings. The summed E-state index contributed by atoms with van der Waals surface area (Å²) in [6, 6.07) is 4.99. The van der Waals surface area contributed by atoms with Gasteiger partial charge in [0.05, 0.1) is 18.1 Å². The number of hydrogen-bond acceptors (Lipinski definition) is 4. The predicted octanol–water partition coefficient (Wildman–Crippen LogP) is 1.45. The molecule has 2 heterocycles. The van der Waals surface area contributed by atoms with Crippen molar-refractivity contribution in [2.24, 2.45) is 12.0 Å². The molecule has 0 amide bonds. The van der Waals surface area contributed by atoms with Gasteiger partial charge in [-0.15, -0.1) is 0 Å². The second-order valence-electron chi connectivity index (χ2n) is 5.94. The maximum atomic E-state index is 12.2. The van der Waals surface area contributed by atoms with Crippen LogP contribution in [-0.2, 0) is 23.6 Å². The van der Waals surface area contributed by atoms with Crippen LogP contribution < -0.4 is 10.0 Å². The summed E-state index contributed by atoms with van der Waals surface area (Å²) in [5.74, 6) is 0.690. The highest BCUT2D eigenvalue weighted by Crippen LogP contribution is 2.14. The average Bonchev–Trinajstić information content (AvgIpc) is 2.95. The largest absolute Gasteiger partial charge is 0.357 e. The molecule has 2 aromatic heterocycles. The molecule has 0 radical (unpaired) electrons. The molecule has 0 fully saturated rings. The summed E-state index contributed by atoms with van der Waals surface area (Å²) in [5, 5.41) is 3.89. The number of pyridine rings is 1. The highest BCUT2D eigenvalue weighted by Gasteiger charge is 2.13. The number of halogens is 1. The van der Waals surface area contributed by atoms with Crippen LogP contribution in [0, 0.1) is 0 Å². The van der Waals surface area contributed by atoms with Gasteiger partial charge >= 0.3 is 0 Å². The monoisotopic (exact) mass is 412 g/mol. The minimum atomic E-state index is -3.58. The van der Waals surface area contributed by atoms with Gasteiger partial charge in [-0.3, -0.25) is 9.98 Å². The number of aliphatic imine (C=N–C) groups is 1. The first-order valence-corrected chi connectivity index (χ1v) is 10.4. The molecule has 0 aliphatic heterocycles. The molecule has 2 aromatic rings. The molecule has 8 nitrogen and oxygen atoms in total. The maximum Gasteiger partial charge on any atom is 0.242 e. The van der Waals surface area contributed by atoms with E-state index in [-0.39, 0.29) is 11.4 Å². The minimum absolute atomic E-state index is 0.138. The normalized spacial score (nSPS) is 12.2. The third-order valence-electron chi connectivity index (χ3n) is 3.78. The van der Waals surface area contributed by atoms with Gasteiger partial charge in [-0.1, -0.05) is 11.6 Å². The Bertz CT molecular complexity index is 867. The van der Waals surface area contributed by atoms with E-state index >= 15 is 0 Å². The van der Waals surface area contributed by atoms with E-state index in [0.717, 1.165) is 5.69 Å². The lowest BCUT2D eigenvalue weighted by Crippen LogP contribution is -2.39. The van der Waals surface area contributed by atoms with Gasteiger partial charge in [0.15, 0.2) is 5.96 Å². The summed E-state index contributed by atoms with van der Waals surface area (Å²) >= 11 is 6.03. The van der Waals surface area contributed by atoms with Gasteiger partial charge in [-0.25, -0.2) is 13.1 Å². The van der Waals surface area contributed by atoms with Gasteiger partial charge in [0, 0.05) is 51.5 Å². The van der Waals surface area contributed by atoms with Crippen molar-refractivity contribution < 1.29 is 8.42 Å². The number of aromatic nitrogens is 2. The molecule has 10 heteroatoms. The smallest absolute Gasteiger partial charge is 0.242 e. The second kappa shape index (κ2) is 9.72. The molecule has 27 heavy (non-hydrogen) atoms. The average molecular weight is 413 g/mol. The molecule has 0 unspecified atom stereocenters. The lowest BCUT2D eigenvalue weighted by molar-refractivity contribution is 0.462. The van der Waals surface area contributed by atoms with E-state index in [1.807, 2.05) is 42.7 Å². The molecule has 148 valence electrons. The number of nitrogens with one attached hydrogen (secondary N) is 2. The third kappa shape index (κ3) is 6.23. The Morgan fingerprint density at radius 2 is 2.22 bits per heavy atom. The van der Waals surface area contributed by atoms with Crippen LogP contribution in [0.4, 0.5) is 0 Å². The van der Waals surface area contributed by atoms with E-state index in [1.54, 1.807) is 6.07 Å². The summed E-state index contributed by atoms with van der Waals surface area (Å²) < 4.78 is 28.8. The Kier molecular flexibility index (Phi) is 7.64. The van der Waals surface area contributed by atoms with Crippen molar-refractivity contribution in [3.8, 4) is 0 Å². The van der Waals surface area contributed by atoms with Gasteiger partial charge < -0.3 is 14.8 Å². The Hall–Kier alpha value is -2.10. The van der Waals surface area contributed by atoms with Crippen molar-refractivity contribution >= 4 is 27.6 Å². The van der Waals surface area contributed by atoms with Gasteiger partial charge in [-0.2, -0.15) is 0 Å². The fraction of sp³-hybridized carbons (Fsp3) is 0.412. The van der Waals surface area contributed by atoms with Crippen LogP contribution in [0.5, 0.6) is 0 Å². The van der Waals surface area contributed by atoms with Crippen molar-refractivity contribution in [3.05, 3.63) is 47.5 Å². The number of sulfonamides is 1. The van der Waals surface area contributed by atoms with Crippen LogP contribution in [0.1, 0.15) is 12.6 Å². The lowest BCUT2D eigenvalue weighted by Gasteiger charge is -2.22. The number of rotatable bonds is 8. The standard InChI is InChI=1S/C17H25ClN6O2S/c1-4-20-17(24(3)13-15-10-14(18)12-23(15)2)21-8-9-22-27(25,26)16-6-5-7-19-11-16/h5-7,10-12,22H,4,8-9,13H2,1-3H3,(H,20,21). The highest BCUT2D eigenvalue weighted by molar-refractivity contribution is 7.89. The molecule has 0 aliphatic carbocycles. The summed E-state index contributed by atoms with van der Waals surface area (Å²) in [7, 11) is 0.280. The van der Waals surface area contributed by atoms with Crippen molar-refractivity contribution in [3.63, 3.8) is 0 Å². The van der Waals surface area contributed by atoms with E-state index < -0.39 is 10.0 Å². The molecule has 0 atom stereocenters. The van der Waals surface area contributed by atoms with E-state index in [9.17, 15) is 8.42 Å². The topological polar surface area (TPSA) is 91.6 Å². The lowest BCUT2D eigenvalue weighted by atomic mass is 10.4. The zero-order valence-corrected chi connectivity index (χ0v) is 17.3. The summed E-state index contributed by atoms with van der Waals surface area (Å²) in [4.78, 5) is 10.4. The third-order valence-corrected chi connectivity index (χ3v) is 5.43. The molecule has 0 aromatic carbocycles. The first-order valence-electron chi connectivity index (χ1n) is 8.53. The summed E-state index contributed by atoms with van der Waals surface area (Å²) in [5.41, 5.74) is 1.05. The zero-order valence-electron chi connectivity index (χ0n) is 15.7. The predicted molar refractivity (Wildman–Crippen MR) is 107 cm³/mol. The van der Waals surface area contributed by atoms with Crippen molar-refractivity contribution in [2.45, 2.75) is 18.4 Å². The van der Waals surface area contributed by atoms with Gasteiger partial charge in [0.1, 0.15) is 4.90 Å². The Labute approximate surface area is 165 Å². The van der Waals surface area contributed by atoms with Crippen LogP contribution in [0.15, 0.2) is 46.7 Å². The molecule has 2 rings (SSSR count). The number of guanidine groups is 1. The molecule has 0 saturated heterocycles. The molecule has 0 saturated carbocycles. The van der Waals surface area contributed by atoms with E-state index in [2.05, 4.69) is 20.0 Å². The fourth-order valence-electron chi connectivity index (χ4n) is 2.44. The Morgan fingerprint density at radius 1 is 1.44 bits per heavy atom. The van der Waals surface area contributed by atoms with Crippen LogP contribution in [0.2, 0.25) is 5.02 Å². The van der Waals surface area contributed by atoms with Crippen LogP contribution >= 0.6 is 11.6 Å². The summed E-state index contributed by atoms with van der Waals surface area (Å²) in [6.45, 7) is 3.80. The minimum Gasteiger partial charge on any atom is -0.357 e. The zero-order chi connectivity index (χ0) is 19.9. The fourth-order valence-corrected chi connectivity index (χ4v) is 3.70. The summed E-state index contributed by atoms with van der Waals surface area (Å²) in [6.07, 6.45) is 4.69. The molecular formula is C17H25ClN6O2S. The molecule has 2 N–H and O–H groups in total. The van der Waals surface area contributed by atoms with E-state index in [1.165, 1.54) is 18.5 Å². The number of nitrogens with zero attached hydrogens (tertiary/aromatic N) is 4. The van der Waals surface area contributed by atoms with Crippen molar-refractivity contribution in [2.75, 3.05) is 26.7 Å². The van der Waals surface area contributed by atoms with Crippen LogP contribution in [0.25, 0.3) is 0 Å². The second-order valence-corrected chi connectivity index (χ2v) is 8.14. The van der Waals surface area contributed by atoms with Gasteiger partial charge in [0.2, 0.25) is 10.0 Å². The SMILES string of the molecule is CCNC(=NCCNS(=O)(=O)c1cccnc1)N(C)Cc1cc(Cl)cn1C. The quantitative estimate of drug-likeness (QED) is 0.389. The first kappa shape index (κ1) is 21.2. The van der Waals surface area contributed by atoms with Crippen LogP contribution in [-0.4, -0.2) is 55.5 Å². The maximum absolute atomic E-state index is 12.2. The highest BCUT2D eigenvalue weighted by atomic mass is 35.5.